The highest BCUT2D eigenvalue weighted by Crippen LogP contribution is 2.28. The van der Waals surface area contributed by atoms with Crippen LogP contribution in [0, 0.1) is 19.8 Å². The summed E-state index contributed by atoms with van der Waals surface area (Å²) in [5, 5.41) is 11.2. The first-order valence-corrected chi connectivity index (χ1v) is 8.07. The topological polar surface area (TPSA) is 33.1 Å². The predicted octanol–water partition coefficient (Wildman–Crippen LogP) is 4.02. The van der Waals surface area contributed by atoms with Gasteiger partial charge in [0.15, 0.2) is 0 Å². The molecule has 1 aromatic heterocycles. The lowest BCUT2D eigenvalue weighted by Crippen LogP contribution is -2.14. The lowest BCUT2D eigenvalue weighted by molar-refractivity contribution is 0.149. The molecule has 1 atom stereocenters. The maximum absolute atomic E-state index is 10.1. The molecule has 1 fully saturated rings. The molecule has 1 aliphatic carbocycles. The minimum absolute atomic E-state index is 0.197. The van der Waals surface area contributed by atoms with Crippen molar-refractivity contribution in [3.05, 3.63) is 15.6 Å². The van der Waals surface area contributed by atoms with Gasteiger partial charge in [-0.05, 0) is 32.6 Å². The van der Waals surface area contributed by atoms with E-state index in [9.17, 15) is 5.11 Å². The number of aliphatic hydroxyl groups is 1. The second kappa shape index (κ2) is 6.67. The van der Waals surface area contributed by atoms with Crippen molar-refractivity contribution in [3.8, 4) is 0 Å². The lowest BCUT2D eigenvalue weighted by atomic mass is 9.85. The van der Waals surface area contributed by atoms with Gasteiger partial charge in [-0.25, -0.2) is 4.98 Å². The summed E-state index contributed by atoms with van der Waals surface area (Å²) in [4.78, 5) is 5.79. The van der Waals surface area contributed by atoms with Gasteiger partial charge in [-0.15, -0.1) is 11.3 Å². The summed E-state index contributed by atoms with van der Waals surface area (Å²) in [5.74, 6) is 0.869. The third-order valence-electron chi connectivity index (χ3n) is 4.12. The van der Waals surface area contributed by atoms with Crippen LogP contribution in [0.4, 0.5) is 0 Å². The number of hydrogen-bond acceptors (Lipinski definition) is 3. The summed E-state index contributed by atoms with van der Waals surface area (Å²) in [6.07, 6.45) is 9.65. The van der Waals surface area contributed by atoms with Gasteiger partial charge in [-0.2, -0.15) is 0 Å². The fourth-order valence-electron chi connectivity index (χ4n) is 2.83. The van der Waals surface area contributed by atoms with Crippen molar-refractivity contribution in [2.24, 2.45) is 5.92 Å². The Morgan fingerprint density at radius 2 is 2.00 bits per heavy atom. The number of aliphatic hydroxyl groups excluding tert-OH is 1. The summed E-state index contributed by atoms with van der Waals surface area (Å²) < 4.78 is 0. The van der Waals surface area contributed by atoms with E-state index in [-0.39, 0.29) is 6.10 Å². The molecule has 1 N–H and O–H groups in total. The van der Waals surface area contributed by atoms with Crippen LogP contribution < -0.4 is 0 Å². The summed E-state index contributed by atoms with van der Waals surface area (Å²) in [6, 6.07) is 0. The first-order chi connectivity index (χ1) is 8.65. The van der Waals surface area contributed by atoms with Gasteiger partial charge >= 0.3 is 0 Å². The second-order valence-corrected chi connectivity index (χ2v) is 6.98. The molecule has 3 heteroatoms. The van der Waals surface area contributed by atoms with Gasteiger partial charge in [0.1, 0.15) is 0 Å². The standard InChI is InChI=1S/C15H25NOS/c1-11-12(2)18-15(16-11)10-14(17)9-8-13-6-4-3-5-7-13/h13-14,17H,3-10H2,1-2H3. The zero-order valence-electron chi connectivity index (χ0n) is 11.6. The zero-order chi connectivity index (χ0) is 13.0. The molecule has 0 amide bonds. The number of rotatable bonds is 5. The highest BCUT2D eigenvalue weighted by Gasteiger charge is 2.16. The van der Waals surface area contributed by atoms with Gasteiger partial charge in [-0.1, -0.05) is 32.1 Å². The Kier molecular flexibility index (Phi) is 5.19. The Hall–Kier alpha value is -0.410. The zero-order valence-corrected chi connectivity index (χ0v) is 12.4. The van der Waals surface area contributed by atoms with Crippen LogP contribution in [0.3, 0.4) is 0 Å². The summed E-state index contributed by atoms with van der Waals surface area (Å²) in [5.41, 5.74) is 1.12. The smallest absolute Gasteiger partial charge is 0.0956 e. The minimum Gasteiger partial charge on any atom is -0.393 e. The average Bonchev–Trinajstić information content (AvgIpc) is 2.67. The molecule has 0 aliphatic heterocycles. The number of aryl methyl sites for hydroxylation is 2. The molecule has 0 saturated heterocycles. The number of hydrogen-bond donors (Lipinski definition) is 1. The molecule has 1 aromatic rings. The molecule has 18 heavy (non-hydrogen) atoms. The third kappa shape index (κ3) is 4.06. The van der Waals surface area contributed by atoms with Gasteiger partial charge in [-0.3, -0.25) is 0 Å². The monoisotopic (exact) mass is 267 g/mol. The van der Waals surface area contributed by atoms with Crippen LogP contribution in [0.5, 0.6) is 0 Å². The largest absolute Gasteiger partial charge is 0.393 e. The van der Waals surface area contributed by atoms with Crippen LogP contribution in [0.1, 0.15) is 60.5 Å². The van der Waals surface area contributed by atoms with E-state index in [1.807, 2.05) is 6.92 Å². The predicted molar refractivity (Wildman–Crippen MR) is 77.1 cm³/mol. The molecule has 1 aliphatic rings. The van der Waals surface area contributed by atoms with E-state index in [0.717, 1.165) is 29.5 Å². The van der Waals surface area contributed by atoms with Crippen LogP contribution in [0.15, 0.2) is 0 Å². The van der Waals surface area contributed by atoms with E-state index < -0.39 is 0 Å². The van der Waals surface area contributed by atoms with E-state index in [0.29, 0.717) is 0 Å². The average molecular weight is 267 g/mol. The maximum Gasteiger partial charge on any atom is 0.0956 e. The Labute approximate surface area is 114 Å². The second-order valence-electron chi connectivity index (χ2n) is 5.69. The van der Waals surface area contributed by atoms with E-state index in [4.69, 9.17) is 0 Å². The van der Waals surface area contributed by atoms with Gasteiger partial charge < -0.3 is 5.11 Å². The fourth-order valence-corrected chi connectivity index (χ4v) is 3.84. The Bertz CT molecular complexity index is 349. The summed E-state index contributed by atoms with van der Waals surface area (Å²) >= 11 is 1.73. The molecule has 0 spiro atoms. The van der Waals surface area contributed by atoms with Crippen molar-refractivity contribution in [3.63, 3.8) is 0 Å². The fraction of sp³-hybridized carbons (Fsp3) is 0.800. The molecular weight excluding hydrogens is 242 g/mol. The number of nitrogens with zero attached hydrogens (tertiary/aromatic N) is 1. The highest BCUT2D eigenvalue weighted by atomic mass is 32.1. The van der Waals surface area contributed by atoms with Crippen molar-refractivity contribution in [2.75, 3.05) is 0 Å². The Balaban J connectivity index is 1.72. The molecule has 0 bridgehead atoms. The Morgan fingerprint density at radius 1 is 1.28 bits per heavy atom. The molecule has 102 valence electrons. The van der Waals surface area contributed by atoms with Crippen LogP contribution >= 0.6 is 11.3 Å². The van der Waals surface area contributed by atoms with Gasteiger partial charge in [0, 0.05) is 11.3 Å². The van der Waals surface area contributed by atoms with Crippen LogP contribution in [-0.2, 0) is 6.42 Å². The van der Waals surface area contributed by atoms with E-state index in [2.05, 4.69) is 11.9 Å². The number of aromatic nitrogens is 1. The summed E-state index contributed by atoms with van der Waals surface area (Å²) in [6.45, 7) is 4.15. The third-order valence-corrected chi connectivity index (χ3v) is 5.21. The molecule has 1 unspecified atom stereocenters. The molecule has 1 heterocycles. The normalized spacial score (nSPS) is 19.1. The van der Waals surface area contributed by atoms with Crippen molar-refractivity contribution in [2.45, 2.75) is 71.3 Å². The minimum atomic E-state index is -0.197. The van der Waals surface area contributed by atoms with Crippen molar-refractivity contribution in [1.82, 2.24) is 4.98 Å². The molecule has 0 radical (unpaired) electrons. The van der Waals surface area contributed by atoms with Crippen molar-refractivity contribution < 1.29 is 5.11 Å². The first-order valence-electron chi connectivity index (χ1n) is 7.26. The molecule has 2 nitrogen and oxygen atoms in total. The molecule has 0 aromatic carbocycles. The first kappa shape index (κ1) is 14.0. The van der Waals surface area contributed by atoms with Crippen LogP contribution in [-0.4, -0.2) is 16.2 Å². The van der Waals surface area contributed by atoms with Crippen molar-refractivity contribution >= 4 is 11.3 Å². The maximum atomic E-state index is 10.1. The molecule has 2 rings (SSSR count). The molecule has 1 saturated carbocycles. The Morgan fingerprint density at radius 3 is 2.61 bits per heavy atom. The quantitative estimate of drug-likeness (QED) is 0.874. The van der Waals surface area contributed by atoms with Gasteiger partial charge in [0.25, 0.3) is 0 Å². The van der Waals surface area contributed by atoms with E-state index >= 15 is 0 Å². The SMILES string of the molecule is Cc1nc(CC(O)CCC2CCCCC2)sc1C. The highest BCUT2D eigenvalue weighted by molar-refractivity contribution is 7.11. The van der Waals surface area contributed by atoms with Crippen molar-refractivity contribution in [1.29, 1.82) is 0 Å². The molecular formula is C15H25NOS. The van der Waals surface area contributed by atoms with E-state index in [1.54, 1.807) is 11.3 Å². The van der Waals surface area contributed by atoms with Crippen LogP contribution in [0.2, 0.25) is 0 Å². The van der Waals surface area contributed by atoms with E-state index in [1.165, 1.54) is 43.4 Å². The van der Waals surface area contributed by atoms with Crippen LogP contribution in [0.25, 0.3) is 0 Å². The van der Waals surface area contributed by atoms with Gasteiger partial charge in [0.05, 0.1) is 16.8 Å². The summed E-state index contributed by atoms with van der Waals surface area (Å²) in [7, 11) is 0. The van der Waals surface area contributed by atoms with Gasteiger partial charge in [0.2, 0.25) is 0 Å². The number of thiazole rings is 1. The lowest BCUT2D eigenvalue weighted by Gasteiger charge is -2.22.